The van der Waals surface area contributed by atoms with Crippen LogP contribution in [0.5, 0.6) is 5.75 Å². The van der Waals surface area contributed by atoms with Crippen molar-refractivity contribution >= 4 is 0 Å². The monoisotopic (exact) mass is 338 g/mol. The molecule has 24 heavy (non-hydrogen) atoms. The fraction of sp³-hybridized carbons (Fsp3) is 0.667. The average molecular weight is 338 g/mol. The zero-order chi connectivity index (χ0) is 16.9. The highest BCUT2D eigenvalue weighted by atomic mass is 16.6. The second kappa shape index (κ2) is 8.27. The first kappa shape index (κ1) is 17.6. The van der Waals surface area contributed by atoms with Gasteiger partial charge in [-0.25, -0.2) is 0 Å². The van der Waals surface area contributed by atoms with Crippen molar-refractivity contribution in [2.75, 3.05) is 20.3 Å². The standard InChI is InChI=1S/C18H26O6/c1-21-13-6-4-12(5-7-13)11-22-10-8-14-16(19)17(20)18-15(24-14)3-2-9-23-18/h4-7,14-20H,2-3,8-11H2,1H3/t14-,15-,16+,17+,18?/m0/s1. The van der Waals surface area contributed by atoms with E-state index in [-0.39, 0.29) is 6.10 Å². The van der Waals surface area contributed by atoms with E-state index in [1.807, 2.05) is 24.3 Å². The first-order valence-corrected chi connectivity index (χ1v) is 8.53. The van der Waals surface area contributed by atoms with E-state index in [0.717, 1.165) is 24.2 Å². The predicted octanol–water partition coefficient (Wildman–Crippen LogP) is 1.27. The van der Waals surface area contributed by atoms with Crippen molar-refractivity contribution in [1.29, 1.82) is 0 Å². The molecule has 2 saturated heterocycles. The molecule has 3 rings (SSSR count). The summed E-state index contributed by atoms with van der Waals surface area (Å²) in [5.74, 6) is 0.815. The van der Waals surface area contributed by atoms with E-state index >= 15 is 0 Å². The Hall–Kier alpha value is -1.18. The van der Waals surface area contributed by atoms with Crippen molar-refractivity contribution in [3.8, 4) is 5.75 Å². The van der Waals surface area contributed by atoms with Crippen LogP contribution in [0.1, 0.15) is 24.8 Å². The van der Waals surface area contributed by atoms with Crippen LogP contribution >= 0.6 is 0 Å². The molecule has 0 amide bonds. The third kappa shape index (κ3) is 4.07. The van der Waals surface area contributed by atoms with Crippen molar-refractivity contribution < 1.29 is 29.2 Å². The maximum Gasteiger partial charge on any atom is 0.118 e. The van der Waals surface area contributed by atoms with Gasteiger partial charge in [-0.3, -0.25) is 0 Å². The van der Waals surface area contributed by atoms with E-state index in [1.54, 1.807) is 7.11 Å². The summed E-state index contributed by atoms with van der Waals surface area (Å²) in [5, 5.41) is 20.4. The summed E-state index contributed by atoms with van der Waals surface area (Å²) in [7, 11) is 1.64. The molecule has 0 aliphatic carbocycles. The van der Waals surface area contributed by atoms with Crippen molar-refractivity contribution in [2.24, 2.45) is 0 Å². The lowest BCUT2D eigenvalue weighted by molar-refractivity contribution is -0.251. The van der Waals surface area contributed by atoms with E-state index < -0.39 is 24.4 Å². The molecule has 1 aromatic carbocycles. The highest BCUT2D eigenvalue weighted by Crippen LogP contribution is 2.30. The lowest BCUT2D eigenvalue weighted by atomic mass is 9.90. The Morgan fingerprint density at radius 3 is 2.71 bits per heavy atom. The Balaban J connectivity index is 1.43. The Morgan fingerprint density at radius 2 is 1.96 bits per heavy atom. The molecular weight excluding hydrogens is 312 g/mol. The van der Waals surface area contributed by atoms with Crippen LogP contribution in [0, 0.1) is 0 Å². The first-order valence-electron chi connectivity index (χ1n) is 8.53. The van der Waals surface area contributed by atoms with E-state index in [4.69, 9.17) is 18.9 Å². The maximum atomic E-state index is 10.2. The molecule has 0 radical (unpaired) electrons. The SMILES string of the molecule is COc1ccc(COCC[C@@H]2O[C@H]3CCCOC3[C@H](O)[C@@H]2O)cc1. The normalized spacial score (nSPS) is 33.0. The van der Waals surface area contributed by atoms with Crippen LogP contribution in [0.4, 0.5) is 0 Å². The fourth-order valence-electron chi connectivity index (χ4n) is 3.31. The fourth-order valence-corrected chi connectivity index (χ4v) is 3.31. The minimum absolute atomic E-state index is 0.135. The summed E-state index contributed by atoms with van der Waals surface area (Å²) in [6.07, 6.45) is -0.475. The summed E-state index contributed by atoms with van der Waals surface area (Å²) in [6, 6.07) is 7.70. The predicted molar refractivity (Wildman–Crippen MR) is 86.9 cm³/mol. The quantitative estimate of drug-likeness (QED) is 0.761. The molecule has 134 valence electrons. The number of aliphatic hydroxyl groups is 2. The van der Waals surface area contributed by atoms with Gasteiger partial charge in [0.2, 0.25) is 0 Å². The highest BCUT2D eigenvalue weighted by molar-refractivity contribution is 5.26. The van der Waals surface area contributed by atoms with Gasteiger partial charge >= 0.3 is 0 Å². The summed E-state index contributed by atoms with van der Waals surface area (Å²) in [6.45, 7) is 1.56. The van der Waals surface area contributed by atoms with Crippen LogP contribution in [-0.2, 0) is 20.8 Å². The molecule has 2 aliphatic heterocycles. The zero-order valence-electron chi connectivity index (χ0n) is 14.0. The number of methoxy groups -OCH3 is 1. The van der Waals surface area contributed by atoms with Crippen molar-refractivity contribution in [3.63, 3.8) is 0 Å². The van der Waals surface area contributed by atoms with Gasteiger partial charge in [0.15, 0.2) is 0 Å². The lowest BCUT2D eigenvalue weighted by Crippen LogP contribution is -2.59. The van der Waals surface area contributed by atoms with Gasteiger partial charge in [-0.1, -0.05) is 12.1 Å². The second-order valence-corrected chi connectivity index (χ2v) is 6.36. The molecule has 2 heterocycles. The summed E-state index contributed by atoms with van der Waals surface area (Å²) >= 11 is 0. The van der Waals surface area contributed by atoms with E-state index in [1.165, 1.54) is 0 Å². The van der Waals surface area contributed by atoms with Gasteiger partial charge in [-0.2, -0.15) is 0 Å². The molecule has 0 bridgehead atoms. The molecule has 2 aliphatic rings. The van der Waals surface area contributed by atoms with Crippen molar-refractivity contribution in [2.45, 2.75) is 56.4 Å². The third-order valence-electron chi connectivity index (χ3n) is 4.70. The minimum atomic E-state index is -0.936. The Bertz CT molecular complexity index is 503. The number of aliphatic hydroxyl groups excluding tert-OH is 2. The van der Waals surface area contributed by atoms with Crippen LogP contribution in [0.2, 0.25) is 0 Å². The van der Waals surface area contributed by atoms with Crippen molar-refractivity contribution in [3.05, 3.63) is 29.8 Å². The Labute approximate surface area is 142 Å². The van der Waals surface area contributed by atoms with Gasteiger partial charge in [0.05, 0.1) is 25.9 Å². The van der Waals surface area contributed by atoms with Gasteiger partial charge in [0.1, 0.15) is 24.1 Å². The van der Waals surface area contributed by atoms with Gasteiger partial charge in [0.25, 0.3) is 0 Å². The van der Waals surface area contributed by atoms with E-state index in [0.29, 0.717) is 26.2 Å². The highest BCUT2D eigenvalue weighted by Gasteiger charge is 2.45. The second-order valence-electron chi connectivity index (χ2n) is 6.36. The van der Waals surface area contributed by atoms with Gasteiger partial charge in [-0.05, 0) is 37.0 Å². The van der Waals surface area contributed by atoms with Crippen LogP contribution in [-0.4, -0.2) is 61.1 Å². The van der Waals surface area contributed by atoms with Crippen LogP contribution < -0.4 is 4.74 Å². The van der Waals surface area contributed by atoms with Gasteiger partial charge in [0, 0.05) is 13.2 Å². The van der Waals surface area contributed by atoms with E-state index in [2.05, 4.69) is 0 Å². The number of fused-ring (bicyclic) bond motifs is 1. The molecule has 1 aromatic rings. The molecule has 0 spiro atoms. The minimum Gasteiger partial charge on any atom is -0.497 e. The van der Waals surface area contributed by atoms with Gasteiger partial charge < -0.3 is 29.2 Å². The third-order valence-corrected chi connectivity index (χ3v) is 4.70. The number of hydrogen-bond acceptors (Lipinski definition) is 6. The largest absolute Gasteiger partial charge is 0.497 e. The molecule has 6 heteroatoms. The number of hydrogen-bond donors (Lipinski definition) is 2. The molecule has 6 nitrogen and oxygen atoms in total. The van der Waals surface area contributed by atoms with Crippen LogP contribution in [0.15, 0.2) is 24.3 Å². The number of benzene rings is 1. The molecule has 2 N–H and O–H groups in total. The summed E-state index contributed by atoms with van der Waals surface area (Å²) in [4.78, 5) is 0. The van der Waals surface area contributed by atoms with Crippen molar-refractivity contribution in [1.82, 2.24) is 0 Å². The molecule has 0 saturated carbocycles. The average Bonchev–Trinajstić information content (AvgIpc) is 2.63. The molecule has 2 fully saturated rings. The zero-order valence-corrected chi connectivity index (χ0v) is 14.0. The summed E-state index contributed by atoms with van der Waals surface area (Å²) in [5.41, 5.74) is 1.06. The molecule has 1 unspecified atom stereocenters. The number of ether oxygens (including phenoxy) is 4. The topological polar surface area (TPSA) is 77.4 Å². The maximum absolute atomic E-state index is 10.2. The van der Waals surface area contributed by atoms with Gasteiger partial charge in [-0.15, -0.1) is 0 Å². The first-order chi connectivity index (χ1) is 11.7. The lowest BCUT2D eigenvalue weighted by Gasteiger charge is -2.44. The van der Waals surface area contributed by atoms with Crippen LogP contribution in [0.25, 0.3) is 0 Å². The molecular formula is C18H26O6. The Kier molecular flexibility index (Phi) is 6.08. The molecule has 5 atom stereocenters. The smallest absolute Gasteiger partial charge is 0.118 e. The van der Waals surface area contributed by atoms with Crippen LogP contribution in [0.3, 0.4) is 0 Å². The van der Waals surface area contributed by atoms with E-state index in [9.17, 15) is 10.2 Å². The molecule has 0 aromatic heterocycles. The Morgan fingerprint density at radius 1 is 1.17 bits per heavy atom. The summed E-state index contributed by atoms with van der Waals surface area (Å²) < 4.78 is 22.3. The number of rotatable bonds is 6.